The maximum atomic E-state index is 6.38. The molecule has 0 aromatic heterocycles. The number of hydrogen-bond donors (Lipinski definition) is 1. The van der Waals surface area contributed by atoms with Crippen molar-refractivity contribution in [2.45, 2.75) is 52.5 Å². The van der Waals surface area contributed by atoms with Crippen molar-refractivity contribution in [1.82, 2.24) is 4.90 Å². The van der Waals surface area contributed by atoms with E-state index in [1.165, 1.54) is 45.3 Å². The van der Waals surface area contributed by atoms with Crippen molar-refractivity contribution in [1.29, 1.82) is 0 Å². The van der Waals surface area contributed by atoms with E-state index in [-0.39, 0.29) is 0 Å². The average molecular weight is 224 g/mol. The predicted molar refractivity (Wildman–Crippen MR) is 69.3 cm³/mol. The SMILES string of the molecule is CC1CCCN(CC2CCC(C)(C)C2N)C1. The lowest BCUT2D eigenvalue weighted by Crippen LogP contribution is -2.44. The Balaban J connectivity index is 1.86. The minimum absolute atomic E-state index is 0.367. The molecule has 0 aromatic carbocycles. The van der Waals surface area contributed by atoms with Crippen LogP contribution in [0, 0.1) is 17.3 Å². The van der Waals surface area contributed by atoms with Crippen LogP contribution >= 0.6 is 0 Å². The summed E-state index contributed by atoms with van der Waals surface area (Å²) in [6.07, 6.45) is 5.44. The minimum atomic E-state index is 0.367. The zero-order valence-corrected chi connectivity index (χ0v) is 11.2. The Morgan fingerprint density at radius 1 is 1.31 bits per heavy atom. The first kappa shape index (κ1) is 12.4. The van der Waals surface area contributed by atoms with Crippen molar-refractivity contribution in [3.05, 3.63) is 0 Å². The summed E-state index contributed by atoms with van der Waals surface area (Å²) in [5.74, 6) is 1.62. The van der Waals surface area contributed by atoms with Gasteiger partial charge in [-0.25, -0.2) is 0 Å². The summed E-state index contributed by atoms with van der Waals surface area (Å²) in [6.45, 7) is 10.9. The molecular weight excluding hydrogens is 196 g/mol. The van der Waals surface area contributed by atoms with Crippen LogP contribution in [0.2, 0.25) is 0 Å². The standard InChI is InChI=1S/C14H28N2/c1-11-5-4-8-16(9-11)10-12-6-7-14(2,3)13(12)15/h11-13H,4-10,15H2,1-3H3. The Kier molecular flexibility index (Phi) is 3.60. The van der Waals surface area contributed by atoms with Gasteiger partial charge in [0.1, 0.15) is 0 Å². The number of hydrogen-bond acceptors (Lipinski definition) is 2. The molecule has 2 heteroatoms. The fourth-order valence-corrected chi connectivity index (χ4v) is 3.53. The highest BCUT2D eigenvalue weighted by Gasteiger charge is 2.40. The molecular formula is C14H28N2. The summed E-state index contributed by atoms with van der Waals surface area (Å²) in [5, 5.41) is 0. The zero-order chi connectivity index (χ0) is 11.8. The van der Waals surface area contributed by atoms with Gasteiger partial charge in [-0.3, -0.25) is 0 Å². The quantitative estimate of drug-likeness (QED) is 0.781. The second kappa shape index (κ2) is 4.66. The maximum Gasteiger partial charge on any atom is 0.0131 e. The molecule has 2 nitrogen and oxygen atoms in total. The van der Waals surface area contributed by atoms with Gasteiger partial charge in [-0.05, 0) is 49.5 Å². The van der Waals surface area contributed by atoms with Crippen LogP contribution in [0.4, 0.5) is 0 Å². The lowest BCUT2D eigenvalue weighted by molar-refractivity contribution is 0.148. The molecule has 1 saturated carbocycles. The zero-order valence-electron chi connectivity index (χ0n) is 11.2. The average Bonchev–Trinajstić information content (AvgIpc) is 2.45. The minimum Gasteiger partial charge on any atom is -0.327 e. The van der Waals surface area contributed by atoms with Crippen LogP contribution in [0.25, 0.3) is 0 Å². The molecule has 1 aliphatic carbocycles. The molecule has 3 unspecified atom stereocenters. The Morgan fingerprint density at radius 3 is 2.62 bits per heavy atom. The van der Waals surface area contributed by atoms with E-state index in [4.69, 9.17) is 5.73 Å². The van der Waals surface area contributed by atoms with Crippen LogP contribution < -0.4 is 5.73 Å². The molecule has 1 heterocycles. The third-order valence-electron chi connectivity index (χ3n) is 4.80. The van der Waals surface area contributed by atoms with Gasteiger partial charge in [0, 0.05) is 19.1 Å². The number of nitrogens with zero attached hydrogens (tertiary/aromatic N) is 1. The molecule has 0 spiro atoms. The molecule has 0 bridgehead atoms. The summed E-state index contributed by atoms with van der Waals surface area (Å²) in [4.78, 5) is 2.65. The first-order valence-corrected chi connectivity index (χ1v) is 6.97. The fraction of sp³-hybridized carbons (Fsp3) is 1.00. The monoisotopic (exact) mass is 224 g/mol. The van der Waals surface area contributed by atoms with Gasteiger partial charge in [-0.1, -0.05) is 20.8 Å². The van der Waals surface area contributed by atoms with Crippen molar-refractivity contribution in [3.8, 4) is 0 Å². The van der Waals surface area contributed by atoms with E-state index in [0.717, 1.165) is 11.8 Å². The maximum absolute atomic E-state index is 6.38. The van der Waals surface area contributed by atoms with Crippen LogP contribution in [-0.2, 0) is 0 Å². The molecule has 1 saturated heterocycles. The molecule has 2 fully saturated rings. The molecule has 2 aliphatic rings. The molecule has 0 radical (unpaired) electrons. The van der Waals surface area contributed by atoms with E-state index in [2.05, 4.69) is 25.7 Å². The van der Waals surface area contributed by atoms with Gasteiger partial charge >= 0.3 is 0 Å². The van der Waals surface area contributed by atoms with Crippen molar-refractivity contribution in [3.63, 3.8) is 0 Å². The van der Waals surface area contributed by atoms with Crippen LogP contribution in [-0.4, -0.2) is 30.6 Å². The molecule has 2 N–H and O–H groups in total. The summed E-state index contributed by atoms with van der Waals surface area (Å²) in [7, 11) is 0. The predicted octanol–water partition coefficient (Wildman–Crippen LogP) is 2.48. The van der Waals surface area contributed by atoms with Crippen LogP contribution in [0.3, 0.4) is 0 Å². The second-order valence-electron chi connectivity index (χ2n) is 6.82. The van der Waals surface area contributed by atoms with Gasteiger partial charge in [0.2, 0.25) is 0 Å². The summed E-state index contributed by atoms with van der Waals surface area (Å²) >= 11 is 0. The van der Waals surface area contributed by atoms with Crippen molar-refractivity contribution >= 4 is 0 Å². The van der Waals surface area contributed by atoms with Crippen LogP contribution in [0.1, 0.15) is 46.5 Å². The molecule has 0 amide bonds. The van der Waals surface area contributed by atoms with E-state index >= 15 is 0 Å². The van der Waals surface area contributed by atoms with Gasteiger partial charge in [-0.15, -0.1) is 0 Å². The number of nitrogens with two attached hydrogens (primary N) is 1. The second-order valence-corrected chi connectivity index (χ2v) is 6.82. The van der Waals surface area contributed by atoms with Crippen molar-refractivity contribution < 1.29 is 0 Å². The molecule has 0 aromatic rings. The first-order chi connectivity index (χ1) is 7.49. The third kappa shape index (κ3) is 2.60. The number of piperidine rings is 1. The third-order valence-corrected chi connectivity index (χ3v) is 4.80. The Labute approximate surface area is 101 Å². The summed E-state index contributed by atoms with van der Waals surface area (Å²) < 4.78 is 0. The molecule has 3 atom stereocenters. The fourth-order valence-electron chi connectivity index (χ4n) is 3.53. The Hall–Kier alpha value is -0.0800. The molecule has 94 valence electrons. The topological polar surface area (TPSA) is 29.3 Å². The number of likely N-dealkylation sites (tertiary alicyclic amines) is 1. The number of rotatable bonds is 2. The first-order valence-electron chi connectivity index (χ1n) is 6.97. The highest BCUT2D eigenvalue weighted by molar-refractivity contribution is 4.95. The van der Waals surface area contributed by atoms with Gasteiger partial charge in [0.05, 0.1) is 0 Å². The smallest absolute Gasteiger partial charge is 0.0131 e. The lowest BCUT2D eigenvalue weighted by Gasteiger charge is -2.35. The van der Waals surface area contributed by atoms with Crippen molar-refractivity contribution in [2.24, 2.45) is 23.0 Å². The molecule has 2 rings (SSSR count). The van der Waals surface area contributed by atoms with E-state index in [0.29, 0.717) is 11.5 Å². The van der Waals surface area contributed by atoms with Crippen LogP contribution in [0.15, 0.2) is 0 Å². The van der Waals surface area contributed by atoms with Gasteiger partial charge in [0.15, 0.2) is 0 Å². The molecule has 1 aliphatic heterocycles. The van der Waals surface area contributed by atoms with E-state index < -0.39 is 0 Å². The van der Waals surface area contributed by atoms with E-state index in [1.54, 1.807) is 0 Å². The Bertz CT molecular complexity index is 237. The van der Waals surface area contributed by atoms with Gasteiger partial charge in [-0.2, -0.15) is 0 Å². The van der Waals surface area contributed by atoms with Gasteiger partial charge < -0.3 is 10.6 Å². The summed E-state index contributed by atoms with van der Waals surface area (Å²) in [6, 6.07) is 0.407. The normalized spacial score (nSPS) is 40.1. The van der Waals surface area contributed by atoms with Crippen LogP contribution in [0.5, 0.6) is 0 Å². The van der Waals surface area contributed by atoms with Crippen molar-refractivity contribution in [2.75, 3.05) is 19.6 Å². The van der Waals surface area contributed by atoms with E-state index in [1.807, 2.05) is 0 Å². The lowest BCUT2D eigenvalue weighted by atomic mass is 9.85. The van der Waals surface area contributed by atoms with Gasteiger partial charge in [0.25, 0.3) is 0 Å². The Morgan fingerprint density at radius 2 is 2.06 bits per heavy atom. The van der Waals surface area contributed by atoms with E-state index in [9.17, 15) is 0 Å². The highest BCUT2D eigenvalue weighted by atomic mass is 15.1. The molecule has 16 heavy (non-hydrogen) atoms. The summed E-state index contributed by atoms with van der Waals surface area (Å²) in [5.41, 5.74) is 6.75. The largest absolute Gasteiger partial charge is 0.327 e. The highest BCUT2D eigenvalue weighted by Crippen LogP contribution is 2.40.